The van der Waals surface area contributed by atoms with Gasteiger partial charge in [-0.25, -0.2) is 0 Å². The lowest BCUT2D eigenvalue weighted by Crippen LogP contribution is -2.02. The van der Waals surface area contributed by atoms with Crippen molar-refractivity contribution in [3.05, 3.63) is 34.6 Å². The van der Waals surface area contributed by atoms with Crippen molar-refractivity contribution in [1.82, 2.24) is 4.98 Å². The molecular weight excluding hydrogens is 214 g/mol. The molecule has 0 amide bonds. The van der Waals surface area contributed by atoms with Gasteiger partial charge in [-0.1, -0.05) is 6.58 Å². The summed E-state index contributed by atoms with van der Waals surface area (Å²) in [6.45, 7) is 4.04. The van der Waals surface area contributed by atoms with Crippen LogP contribution < -0.4 is 0 Å². The van der Waals surface area contributed by atoms with Gasteiger partial charge in [-0.15, -0.1) is 0 Å². The highest BCUT2D eigenvalue weighted by molar-refractivity contribution is 9.10. The van der Waals surface area contributed by atoms with E-state index >= 15 is 0 Å². The fourth-order valence-corrected chi connectivity index (χ4v) is 2.16. The number of hydrogen-bond acceptors (Lipinski definition) is 1. The molecular formula is C10H10BrN. The van der Waals surface area contributed by atoms with E-state index in [1.165, 1.54) is 23.1 Å². The number of halogens is 1. The molecule has 1 aliphatic rings. The second kappa shape index (κ2) is 3.02. The summed E-state index contributed by atoms with van der Waals surface area (Å²) < 4.78 is 1.13. The van der Waals surface area contributed by atoms with Crippen molar-refractivity contribution >= 4 is 21.5 Å². The molecule has 0 aliphatic heterocycles. The SMILES string of the molecule is C=C1CCCc2c(Br)cncc21. The van der Waals surface area contributed by atoms with Crippen LogP contribution in [0.3, 0.4) is 0 Å². The summed E-state index contributed by atoms with van der Waals surface area (Å²) in [6.07, 6.45) is 7.26. The van der Waals surface area contributed by atoms with Crippen LogP contribution in [-0.2, 0) is 6.42 Å². The predicted molar refractivity (Wildman–Crippen MR) is 53.9 cm³/mol. The Morgan fingerprint density at radius 1 is 1.33 bits per heavy atom. The maximum atomic E-state index is 4.14. The standard InChI is InChI=1S/C10H10BrN/c1-7-3-2-4-8-9(7)5-12-6-10(8)11/h5-6H,1-4H2. The minimum Gasteiger partial charge on any atom is -0.263 e. The first-order valence-corrected chi connectivity index (χ1v) is 4.89. The lowest BCUT2D eigenvalue weighted by molar-refractivity contribution is 0.815. The lowest BCUT2D eigenvalue weighted by atomic mass is 9.90. The number of aromatic nitrogens is 1. The van der Waals surface area contributed by atoms with E-state index in [1.807, 2.05) is 12.4 Å². The molecule has 2 heteroatoms. The van der Waals surface area contributed by atoms with Crippen LogP contribution >= 0.6 is 15.9 Å². The molecule has 0 bridgehead atoms. The van der Waals surface area contributed by atoms with E-state index < -0.39 is 0 Å². The van der Waals surface area contributed by atoms with Gasteiger partial charge < -0.3 is 0 Å². The number of allylic oxidation sites excluding steroid dienone is 1. The minimum absolute atomic E-state index is 1.12. The zero-order valence-corrected chi connectivity index (χ0v) is 8.39. The molecule has 1 aromatic heterocycles. The third-order valence-corrected chi connectivity index (χ3v) is 2.97. The van der Waals surface area contributed by atoms with E-state index in [4.69, 9.17) is 0 Å². The molecule has 1 aliphatic carbocycles. The number of hydrogen-bond donors (Lipinski definition) is 0. The van der Waals surface area contributed by atoms with Crippen molar-refractivity contribution in [2.45, 2.75) is 19.3 Å². The van der Waals surface area contributed by atoms with Gasteiger partial charge >= 0.3 is 0 Å². The van der Waals surface area contributed by atoms with Crippen molar-refractivity contribution < 1.29 is 0 Å². The van der Waals surface area contributed by atoms with Gasteiger partial charge in [0.15, 0.2) is 0 Å². The maximum absolute atomic E-state index is 4.14. The molecule has 62 valence electrons. The van der Waals surface area contributed by atoms with Crippen molar-refractivity contribution in [2.75, 3.05) is 0 Å². The van der Waals surface area contributed by atoms with E-state index in [0.29, 0.717) is 0 Å². The van der Waals surface area contributed by atoms with Crippen molar-refractivity contribution in [1.29, 1.82) is 0 Å². The normalized spacial score (nSPS) is 15.9. The molecule has 0 fully saturated rings. The molecule has 1 nitrogen and oxygen atoms in total. The Balaban J connectivity index is 2.59. The van der Waals surface area contributed by atoms with Gasteiger partial charge in [-0.2, -0.15) is 0 Å². The summed E-state index contributed by atoms with van der Waals surface area (Å²) in [4.78, 5) is 4.14. The van der Waals surface area contributed by atoms with Gasteiger partial charge in [0.1, 0.15) is 0 Å². The van der Waals surface area contributed by atoms with Crippen molar-refractivity contribution in [2.24, 2.45) is 0 Å². The molecule has 0 saturated heterocycles. The number of fused-ring (bicyclic) bond motifs is 1. The van der Waals surface area contributed by atoms with Crippen molar-refractivity contribution in [3.8, 4) is 0 Å². The molecule has 0 atom stereocenters. The number of rotatable bonds is 0. The van der Waals surface area contributed by atoms with Gasteiger partial charge in [-0.05, 0) is 51.9 Å². The van der Waals surface area contributed by atoms with E-state index in [2.05, 4.69) is 27.5 Å². The summed E-state index contributed by atoms with van der Waals surface area (Å²) >= 11 is 3.51. The largest absolute Gasteiger partial charge is 0.263 e. The molecule has 0 spiro atoms. The minimum atomic E-state index is 1.12. The lowest BCUT2D eigenvalue weighted by Gasteiger charge is -2.18. The first kappa shape index (κ1) is 7.99. The highest BCUT2D eigenvalue weighted by atomic mass is 79.9. The van der Waals surface area contributed by atoms with Crippen molar-refractivity contribution in [3.63, 3.8) is 0 Å². The molecule has 12 heavy (non-hydrogen) atoms. The van der Waals surface area contributed by atoms with Gasteiger partial charge in [0.2, 0.25) is 0 Å². The first-order chi connectivity index (χ1) is 5.79. The summed E-state index contributed by atoms with van der Waals surface area (Å²) in [5, 5.41) is 0. The summed E-state index contributed by atoms with van der Waals surface area (Å²) in [5.74, 6) is 0. The Morgan fingerprint density at radius 2 is 2.17 bits per heavy atom. The van der Waals surface area contributed by atoms with Crippen LogP contribution in [0.1, 0.15) is 24.0 Å². The van der Waals surface area contributed by atoms with Crippen LogP contribution in [0.25, 0.3) is 5.57 Å². The molecule has 2 rings (SSSR count). The quantitative estimate of drug-likeness (QED) is 0.659. The highest BCUT2D eigenvalue weighted by Gasteiger charge is 2.14. The van der Waals surface area contributed by atoms with E-state index in [-0.39, 0.29) is 0 Å². The Labute approximate surface area is 80.6 Å². The van der Waals surface area contributed by atoms with Crippen LogP contribution in [0.2, 0.25) is 0 Å². The van der Waals surface area contributed by atoms with Crippen LogP contribution in [0.4, 0.5) is 0 Å². The second-order valence-electron chi connectivity index (χ2n) is 3.10. The number of nitrogens with zero attached hydrogens (tertiary/aromatic N) is 1. The van der Waals surface area contributed by atoms with Crippen LogP contribution in [0.5, 0.6) is 0 Å². The van der Waals surface area contributed by atoms with Crippen LogP contribution in [-0.4, -0.2) is 4.98 Å². The molecule has 0 radical (unpaired) electrons. The van der Waals surface area contributed by atoms with Gasteiger partial charge in [0, 0.05) is 16.9 Å². The van der Waals surface area contributed by atoms with Gasteiger partial charge in [0.25, 0.3) is 0 Å². The zero-order chi connectivity index (χ0) is 8.55. The van der Waals surface area contributed by atoms with Crippen LogP contribution in [0.15, 0.2) is 23.4 Å². The Morgan fingerprint density at radius 3 is 2.92 bits per heavy atom. The van der Waals surface area contributed by atoms with Gasteiger partial charge in [-0.3, -0.25) is 4.98 Å². The van der Waals surface area contributed by atoms with E-state index in [9.17, 15) is 0 Å². The Hall–Kier alpha value is -0.630. The van der Waals surface area contributed by atoms with Gasteiger partial charge in [0.05, 0.1) is 0 Å². The predicted octanol–water partition coefficient (Wildman–Crippen LogP) is 3.19. The van der Waals surface area contributed by atoms with Crippen LogP contribution in [0, 0.1) is 0 Å². The van der Waals surface area contributed by atoms with E-state index in [0.717, 1.165) is 17.3 Å². The molecule has 0 saturated carbocycles. The average Bonchev–Trinajstić information content (AvgIpc) is 2.07. The average molecular weight is 224 g/mol. The third kappa shape index (κ3) is 1.20. The molecule has 0 aromatic carbocycles. The Bertz CT molecular complexity index is 331. The second-order valence-corrected chi connectivity index (χ2v) is 3.96. The maximum Gasteiger partial charge on any atom is 0.0413 e. The highest BCUT2D eigenvalue weighted by Crippen LogP contribution is 2.32. The Kier molecular flexibility index (Phi) is 2.01. The third-order valence-electron chi connectivity index (χ3n) is 2.29. The monoisotopic (exact) mass is 223 g/mol. The zero-order valence-electron chi connectivity index (χ0n) is 6.81. The van der Waals surface area contributed by atoms with E-state index in [1.54, 1.807) is 0 Å². The molecule has 1 heterocycles. The molecule has 1 aromatic rings. The fourth-order valence-electron chi connectivity index (χ4n) is 1.63. The summed E-state index contributed by atoms with van der Waals surface area (Å²) in [7, 11) is 0. The number of pyridine rings is 1. The summed E-state index contributed by atoms with van der Waals surface area (Å²) in [6, 6.07) is 0. The fraction of sp³-hybridized carbons (Fsp3) is 0.300. The smallest absolute Gasteiger partial charge is 0.0413 e. The molecule has 0 N–H and O–H groups in total. The first-order valence-electron chi connectivity index (χ1n) is 4.09. The molecule has 0 unspecified atom stereocenters. The summed E-state index contributed by atoms with van der Waals surface area (Å²) in [5.41, 5.74) is 3.85. The topological polar surface area (TPSA) is 12.9 Å².